The van der Waals surface area contributed by atoms with Gasteiger partial charge in [-0.3, -0.25) is 4.79 Å². The van der Waals surface area contributed by atoms with E-state index in [-0.39, 0.29) is 28.8 Å². The molecular weight excluding hydrogens is 526 g/mol. The SMILES string of the molecule is COc1ccc(S(=O)(=O)[C@@H]2C[C@@H](C(=O)NC3(C#N)CC3)N(c3cc(C)nn3Cc3ccccc3)C2)c(Cl)c1. The number of benzene rings is 2. The van der Waals surface area contributed by atoms with E-state index < -0.39 is 26.7 Å². The first-order valence-electron chi connectivity index (χ1n) is 12.3. The first-order valence-corrected chi connectivity index (χ1v) is 14.2. The highest BCUT2D eigenvalue weighted by Gasteiger charge is 2.50. The van der Waals surface area contributed by atoms with Gasteiger partial charge >= 0.3 is 0 Å². The van der Waals surface area contributed by atoms with Crippen LogP contribution in [-0.2, 0) is 21.2 Å². The van der Waals surface area contributed by atoms with Gasteiger partial charge in [0.2, 0.25) is 5.91 Å². The number of hydrogen-bond donors (Lipinski definition) is 1. The molecule has 2 aliphatic rings. The maximum absolute atomic E-state index is 13.8. The average Bonchev–Trinajstić information content (AvgIpc) is 3.35. The minimum atomic E-state index is -3.90. The summed E-state index contributed by atoms with van der Waals surface area (Å²) in [5.41, 5.74) is 0.891. The van der Waals surface area contributed by atoms with E-state index in [1.54, 1.807) is 15.6 Å². The predicted octanol–water partition coefficient (Wildman–Crippen LogP) is 3.50. The van der Waals surface area contributed by atoms with E-state index in [0.29, 0.717) is 31.0 Å². The predicted molar refractivity (Wildman–Crippen MR) is 143 cm³/mol. The number of aromatic nitrogens is 2. The van der Waals surface area contributed by atoms with Gasteiger partial charge in [-0.25, -0.2) is 13.1 Å². The second-order valence-electron chi connectivity index (χ2n) is 9.84. The number of nitrogens with one attached hydrogen (secondary N) is 1. The summed E-state index contributed by atoms with van der Waals surface area (Å²) in [6, 6.07) is 17.5. The zero-order valence-electron chi connectivity index (χ0n) is 21.1. The Hall–Kier alpha value is -3.55. The van der Waals surface area contributed by atoms with Gasteiger partial charge in [-0.2, -0.15) is 10.4 Å². The molecule has 1 saturated heterocycles. The molecule has 2 heterocycles. The number of ether oxygens (including phenoxy) is 1. The van der Waals surface area contributed by atoms with Crippen molar-refractivity contribution in [2.45, 2.75) is 54.5 Å². The summed E-state index contributed by atoms with van der Waals surface area (Å²) in [5.74, 6) is 0.727. The summed E-state index contributed by atoms with van der Waals surface area (Å²) < 4.78 is 34.5. The third kappa shape index (κ3) is 4.96. The molecule has 2 atom stereocenters. The Morgan fingerprint density at radius 1 is 1.24 bits per heavy atom. The molecule has 1 aliphatic heterocycles. The number of carbonyl (C=O) groups excluding carboxylic acids is 1. The van der Waals surface area contributed by atoms with Crippen LogP contribution in [0.5, 0.6) is 5.75 Å². The molecule has 1 aliphatic carbocycles. The van der Waals surface area contributed by atoms with Crippen LogP contribution >= 0.6 is 11.6 Å². The standard InChI is InChI=1S/C27H28ClN5O4S/c1-18-12-25(33(31-18)15-19-6-4-3-5-7-19)32-16-21(14-23(32)26(34)30-27(17-29)10-11-27)38(35,36)24-9-8-20(37-2)13-22(24)28/h3-9,12-13,21,23H,10-11,14-16H2,1-2H3,(H,30,34)/t21-,23+/m1/s1. The van der Waals surface area contributed by atoms with Crippen molar-refractivity contribution in [3.05, 3.63) is 70.9 Å². The third-order valence-corrected chi connectivity index (χ3v) is 9.74. The van der Waals surface area contributed by atoms with Gasteiger partial charge in [0.15, 0.2) is 9.84 Å². The Morgan fingerprint density at radius 2 is 1.97 bits per heavy atom. The van der Waals surface area contributed by atoms with Gasteiger partial charge in [0.1, 0.15) is 23.1 Å². The number of rotatable bonds is 8. The molecule has 38 heavy (non-hydrogen) atoms. The summed E-state index contributed by atoms with van der Waals surface area (Å²) in [6.07, 6.45) is 1.21. The quantitative estimate of drug-likeness (QED) is 0.453. The fourth-order valence-electron chi connectivity index (χ4n) is 4.89. The van der Waals surface area contributed by atoms with Crippen LogP contribution in [0.3, 0.4) is 0 Å². The Labute approximate surface area is 226 Å². The molecular formula is C27H28ClN5O4S. The fourth-order valence-corrected chi connectivity index (χ4v) is 7.12. The number of nitriles is 1. The fraction of sp³-hybridized carbons (Fsp3) is 0.370. The number of halogens is 1. The van der Waals surface area contributed by atoms with Crippen molar-refractivity contribution in [3.63, 3.8) is 0 Å². The largest absolute Gasteiger partial charge is 0.497 e. The van der Waals surface area contributed by atoms with Gasteiger partial charge in [-0.15, -0.1) is 0 Å². The molecule has 1 amide bonds. The summed E-state index contributed by atoms with van der Waals surface area (Å²) in [7, 11) is -2.43. The van der Waals surface area contributed by atoms with Crippen molar-refractivity contribution in [3.8, 4) is 11.8 Å². The molecule has 3 aromatic rings. The van der Waals surface area contributed by atoms with Crippen molar-refractivity contribution < 1.29 is 17.9 Å². The van der Waals surface area contributed by atoms with Crippen LogP contribution in [0.25, 0.3) is 0 Å². The van der Waals surface area contributed by atoms with E-state index in [1.165, 1.54) is 19.2 Å². The molecule has 198 valence electrons. The van der Waals surface area contributed by atoms with Gasteiger partial charge in [0.25, 0.3) is 0 Å². The van der Waals surface area contributed by atoms with Crippen molar-refractivity contribution >= 4 is 33.2 Å². The van der Waals surface area contributed by atoms with Gasteiger partial charge in [-0.05, 0) is 43.9 Å². The molecule has 2 fully saturated rings. The molecule has 1 N–H and O–H groups in total. The van der Waals surface area contributed by atoms with Gasteiger partial charge in [0, 0.05) is 18.7 Å². The van der Waals surface area contributed by atoms with Crippen molar-refractivity contribution in [2.75, 3.05) is 18.6 Å². The lowest BCUT2D eigenvalue weighted by Gasteiger charge is -2.27. The molecule has 0 radical (unpaired) electrons. The van der Waals surface area contributed by atoms with Crippen molar-refractivity contribution in [1.29, 1.82) is 5.26 Å². The van der Waals surface area contributed by atoms with Crippen LogP contribution in [0.4, 0.5) is 5.82 Å². The summed E-state index contributed by atoms with van der Waals surface area (Å²) in [4.78, 5) is 15.3. The van der Waals surface area contributed by atoms with Crippen LogP contribution in [0.1, 0.15) is 30.5 Å². The molecule has 1 aromatic heterocycles. The highest BCUT2D eigenvalue weighted by atomic mass is 35.5. The highest BCUT2D eigenvalue weighted by Crippen LogP contribution is 2.38. The molecule has 5 rings (SSSR count). The molecule has 1 saturated carbocycles. The Bertz CT molecular complexity index is 1510. The Morgan fingerprint density at radius 3 is 2.61 bits per heavy atom. The maximum atomic E-state index is 13.8. The zero-order valence-corrected chi connectivity index (χ0v) is 22.7. The van der Waals surface area contributed by atoms with E-state index >= 15 is 0 Å². The van der Waals surface area contributed by atoms with Crippen LogP contribution in [0, 0.1) is 18.3 Å². The first kappa shape index (κ1) is 26.1. The minimum Gasteiger partial charge on any atom is -0.497 e. The molecule has 11 heteroatoms. The minimum absolute atomic E-state index is 0.00404. The van der Waals surface area contributed by atoms with Crippen molar-refractivity contribution in [2.24, 2.45) is 0 Å². The Balaban J connectivity index is 1.51. The normalized spacial score (nSPS) is 20.1. The Kier molecular flexibility index (Phi) is 6.84. The monoisotopic (exact) mass is 553 g/mol. The number of carbonyl (C=O) groups is 1. The topological polar surface area (TPSA) is 117 Å². The van der Waals surface area contributed by atoms with Crippen LogP contribution in [0.15, 0.2) is 59.5 Å². The molecule has 0 unspecified atom stereocenters. The second kappa shape index (κ2) is 9.97. The first-order chi connectivity index (χ1) is 18.2. The highest BCUT2D eigenvalue weighted by molar-refractivity contribution is 7.92. The zero-order chi connectivity index (χ0) is 27.1. The van der Waals surface area contributed by atoms with Gasteiger partial charge in [-0.1, -0.05) is 41.9 Å². The summed E-state index contributed by atoms with van der Waals surface area (Å²) in [5, 5.41) is 16.2. The van der Waals surface area contributed by atoms with E-state index in [1.807, 2.05) is 43.3 Å². The number of sulfone groups is 1. The van der Waals surface area contributed by atoms with Crippen LogP contribution < -0.4 is 15.0 Å². The smallest absolute Gasteiger partial charge is 0.244 e. The maximum Gasteiger partial charge on any atom is 0.244 e. The van der Waals surface area contributed by atoms with E-state index in [4.69, 9.17) is 16.3 Å². The molecule has 2 aromatic carbocycles. The van der Waals surface area contributed by atoms with Crippen LogP contribution in [0.2, 0.25) is 5.02 Å². The number of aryl methyl sites for hydroxylation is 1. The number of anilines is 1. The van der Waals surface area contributed by atoms with Crippen molar-refractivity contribution in [1.82, 2.24) is 15.1 Å². The molecule has 0 bridgehead atoms. The lowest BCUT2D eigenvalue weighted by molar-refractivity contribution is -0.122. The number of hydrogen-bond acceptors (Lipinski definition) is 7. The second-order valence-corrected chi connectivity index (χ2v) is 12.4. The third-order valence-electron chi connectivity index (χ3n) is 7.13. The van der Waals surface area contributed by atoms with E-state index in [9.17, 15) is 18.5 Å². The summed E-state index contributed by atoms with van der Waals surface area (Å²) >= 11 is 6.35. The summed E-state index contributed by atoms with van der Waals surface area (Å²) in [6.45, 7) is 2.39. The lowest BCUT2D eigenvalue weighted by atomic mass is 10.1. The van der Waals surface area contributed by atoms with E-state index in [2.05, 4.69) is 16.5 Å². The number of nitrogens with zero attached hydrogens (tertiary/aromatic N) is 4. The van der Waals surface area contributed by atoms with Gasteiger partial charge in [0.05, 0.1) is 40.6 Å². The van der Waals surface area contributed by atoms with Gasteiger partial charge < -0.3 is 15.0 Å². The molecule has 9 nitrogen and oxygen atoms in total. The number of amides is 1. The van der Waals surface area contributed by atoms with Crippen LogP contribution in [-0.4, -0.2) is 54.6 Å². The molecule has 0 spiro atoms. The average molecular weight is 554 g/mol. The van der Waals surface area contributed by atoms with E-state index in [0.717, 1.165) is 11.3 Å². The lowest BCUT2D eigenvalue weighted by Crippen LogP contribution is -2.48. The number of methoxy groups -OCH3 is 1.